The molecule has 0 aromatic heterocycles. The fourth-order valence-electron chi connectivity index (χ4n) is 1.89. The van der Waals surface area contributed by atoms with Crippen LogP contribution in [0.25, 0.3) is 0 Å². The molecule has 1 fully saturated rings. The zero-order valence-corrected chi connectivity index (χ0v) is 12.3. The predicted molar refractivity (Wildman–Crippen MR) is 73.7 cm³/mol. The molecule has 1 rings (SSSR count). The minimum absolute atomic E-state index is 0.0231. The molecular formula is C14H26N2O3. The lowest BCUT2D eigenvalue weighted by molar-refractivity contribution is -0.149. The van der Waals surface area contributed by atoms with Crippen LogP contribution in [0, 0.1) is 5.92 Å². The number of amides is 1. The Morgan fingerprint density at radius 2 is 2.05 bits per heavy atom. The van der Waals surface area contributed by atoms with Gasteiger partial charge in [0.25, 0.3) is 0 Å². The Kier molecular flexibility index (Phi) is 6.84. The highest BCUT2D eigenvalue weighted by atomic mass is 16.5. The van der Waals surface area contributed by atoms with Crippen molar-refractivity contribution in [2.45, 2.75) is 46.1 Å². The molecule has 0 aromatic carbocycles. The molecule has 1 N–H and O–H groups in total. The van der Waals surface area contributed by atoms with Gasteiger partial charge in [-0.15, -0.1) is 0 Å². The molecular weight excluding hydrogens is 244 g/mol. The summed E-state index contributed by atoms with van der Waals surface area (Å²) in [5.74, 6) is 0.0383. The molecule has 0 bridgehead atoms. The summed E-state index contributed by atoms with van der Waals surface area (Å²) in [7, 11) is 0. The fourth-order valence-corrected chi connectivity index (χ4v) is 1.89. The zero-order valence-electron chi connectivity index (χ0n) is 12.3. The van der Waals surface area contributed by atoms with Crippen LogP contribution in [0.4, 0.5) is 0 Å². The highest BCUT2D eigenvalue weighted by Gasteiger charge is 2.22. The molecule has 1 amide bonds. The van der Waals surface area contributed by atoms with Crippen LogP contribution in [0.2, 0.25) is 0 Å². The minimum Gasteiger partial charge on any atom is -0.465 e. The zero-order chi connectivity index (χ0) is 14.3. The molecule has 0 aliphatic heterocycles. The maximum atomic E-state index is 12.1. The number of esters is 1. The summed E-state index contributed by atoms with van der Waals surface area (Å²) in [6, 6.07) is 0.608. The lowest BCUT2D eigenvalue weighted by Crippen LogP contribution is -2.40. The van der Waals surface area contributed by atoms with Gasteiger partial charge in [-0.3, -0.25) is 9.59 Å². The van der Waals surface area contributed by atoms with Crippen molar-refractivity contribution in [2.75, 3.05) is 26.2 Å². The van der Waals surface area contributed by atoms with Crippen LogP contribution in [-0.4, -0.2) is 49.1 Å². The molecule has 110 valence electrons. The molecule has 0 aromatic rings. The van der Waals surface area contributed by atoms with Crippen molar-refractivity contribution in [3.8, 4) is 0 Å². The Morgan fingerprint density at radius 3 is 2.58 bits per heavy atom. The number of nitrogens with zero attached hydrogens (tertiary/aromatic N) is 1. The summed E-state index contributed by atoms with van der Waals surface area (Å²) < 4.78 is 4.91. The summed E-state index contributed by atoms with van der Waals surface area (Å²) in [5.41, 5.74) is 0. The van der Waals surface area contributed by atoms with E-state index in [1.807, 2.05) is 13.8 Å². The summed E-state index contributed by atoms with van der Waals surface area (Å²) in [6.07, 6.45) is 2.88. The summed E-state index contributed by atoms with van der Waals surface area (Å²) >= 11 is 0. The van der Waals surface area contributed by atoms with Gasteiger partial charge in [-0.25, -0.2) is 0 Å². The number of carbonyl (C=O) groups is 2. The Bertz CT molecular complexity index is 301. The Hall–Kier alpha value is -1.10. The Balaban J connectivity index is 2.36. The first-order valence-electron chi connectivity index (χ1n) is 7.19. The highest BCUT2D eigenvalue weighted by Crippen LogP contribution is 2.18. The van der Waals surface area contributed by atoms with Gasteiger partial charge in [0.05, 0.1) is 6.61 Å². The van der Waals surface area contributed by atoms with E-state index < -0.39 is 0 Å². The van der Waals surface area contributed by atoms with Crippen LogP contribution in [0.5, 0.6) is 0 Å². The van der Waals surface area contributed by atoms with E-state index in [2.05, 4.69) is 5.32 Å². The molecule has 0 spiro atoms. The van der Waals surface area contributed by atoms with Crippen LogP contribution in [0.3, 0.4) is 0 Å². The largest absolute Gasteiger partial charge is 0.465 e. The second kappa shape index (κ2) is 8.15. The van der Waals surface area contributed by atoms with Gasteiger partial charge in [-0.2, -0.15) is 0 Å². The van der Waals surface area contributed by atoms with E-state index in [0.29, 0.717) is 38.1 Å². The number of nitrogens with one attached hydrogen (secondary N) is 1. The number of ether oxygens (including phenoxy) is 1. The normalized spacial score (nSPS) is 14.5. The average Bonchev–Trinajstić information content (AvgIpc) is 3.11. The molecule has 0 saturated heterocycles. The van der Waals surface area contributed by atoms with E-state index >= 15 is 0 Å². The molecule has 0 radical (unpaired) electrons. The van der Waals surface area contributed by atoms with Crippen LogP contribution in [0.15, 0.2) is 0 Å². The van der Waals surface area contributed by atoms with Crippen LogP contribution >= 0.6 is 0 Å². The first-order chi connectivity index (χ1) is 9.02. The van der Waals surface area contributed by atoms with Gasteiger partial charge < -0.3 is 15.0 Å². The van der Waals surface area contributed by atoms with E-state index in [1.54, 1.807) is 11.8 Å². The van der Waals surface area contributed by atoms with E-state index in [1.165, 1.54) is 12.8 Å². The van der Waals surface area contributed by atoms with Gasteiger partial charge in [0.1, 0.15) is 6.54 Å². The smallest absolute Gasteiger partial charge is 0.325 e. The van der Waals surface area contributed by atoms with Crippen molar-refractivity contribution >= 4 is 11.9 Å². The summed E-state index contributed by atoms with van der Waals surface area (Å²) in [5, 5.41) is 3.31. The lowest BCUT2D eigenvalue weighted by atomic mass is 10.2. The predicted octanol–water partition coefficient (Wildman–Crippen LogP) is 1.18. The maximum Gasteiger partial charge on any atom is 0.325 e. The van der Waals surface area contributed by atoms with E-state index in [0.717, 1.165) is 0 Å². The maximum absolute atomic E-state index is 12.1. The van der Waals surface area contributed by atoms with Crippen LogP contribution < -0.4 is 5.32 Å². The monoisotopic (exact) mass is 270 g/mol. The first-order valence-corrected chi connectivity index (χ1v) is 7.19. The first kappa shape index (κ1) is 16.0. The molecule has 1 aliphatic carbocycles. The summed E-state index contributed by atoms with van der Waals surface area (Å²) in [4.78, 5) is 25.2. The summed E-state index contributed by atoms with van der Waals surface area (Å²) in [6.45, 7) is 7.55. The van der Waals surface area contributed by atoms with Crippen molar-refractivity contribution in [1.82, 2.24) is 10.2 Å². The van der Waals surface area contributed by atoms with Crippen molar-refractivity contribution in [3.05, 3.63) is 0 Å². The third kappa shape index (κ3) is 7.15. The SMILES string of the molecule is CCOC(=O)CN(CC(C)C)C(=O)CCNC1CC1. The second-order valence-corrected chi connectivity index (χ2v) is 5.45. The number of hydrogen-bond acceptors (Lipinski definition) is 4. The van der Waals surface area contributed by atoms with Crippen molar-refractivity contribution in [3.63, 3.8) is 0 Å². The molecule has 19 heavy (non-hydrogen) atoms. The van der Waals surface area contributed by atoms with Crippen molar-refractivity contribution < 1.29 is 14.3 Å². The van der Waals surface area contributed by atoms with Crippen LogP contribution in [0.1, 0.15) is 40.0 Å². The van der Waals surface area contributed by atoms with Gasteiger partial charge in [-0.1, -0.05) is 13.8 Å². The molecule has 5 nitrogen and oxygen atoms in total. The third-order valence-electron chi connectivity index (χ3n) is 2.91. The lowest BCUT2D eigenvalue weighted by Gasteiger charge is -2.23. The minimum atomic E-state index is -0.327. The highest BCUT2D eigenvalue weighted by molar-refractivity contribution is 5.82. The standard InChI is InChI=1S/C14H26N2O3/c1-4-19-14(18)10-16(9-11(2)3)13(17)7-8-15-12-5-6-12/h11-12,15H,4-10H2,1-3H3. The van der Waals surface area contributed by atoms with Gasteiger partial charge in [-0.05, 0) is 25.7 Å². The molecule has 1 aliphatic rings. The molecule has 0 unspecified atom stereocenters. The fraction of sp³-hybridized carbons (Fsp3) is 0.857. The number of rotatable bonds is 9. The van der Waals surface area contributed by atoms with Crippen molar-refractivity contribution in [1.29, 1.82) is 0 Å². The van der Waals surface area contributed by atoms with Gasteiger partial charge in [0.15, 0.2) is 0 Å². The molecule has 5 heteroatoms. The van der Waals surface area contributed by atoms with Gasteiger partial charge >= 0.3 is 5.97 Å². The Morgan fingerprint density at radius 1 is 1.37 bits per heavy atom. The van der Waals surface area contributed by atoms with E-state index in [9.17, 15) is 9.59 Å². The van der Waals surface area contributed by atoms with Gasteiger partial charge in [0.2, 0.25) is 5.91 Å². The third-order valence-corrected chi connectivity index (χ3v) is 2.91. The Labute approximate surface area is 115 Å². The number of hydrogen-bond donors (Lipinski definition) is 1. The van der Waals surface area contributed by atoms with E-state index in [4.69, 9.17) is 4.74 Å². The molecule has 0 heterocycles. The quantitative estimate of drug-likeness (QED) is 0.639. The molecule has 0 atom stereocenters. The topological polar surface area (TPSA) is 58.6 Å². The van der Waals surface area contributed by atoms with Gasteiger partial charge in [0, 0.05) is 25.6 Å². The second-order valence-electron chi connectivity index (χ2n) is 5.45. The number of carbonyl (C=O) groups excluding carboxylic acids is 2. The van der Waals surface area contributed by atoms with E-state index in [-0.39, 0.29) is 18.4 Å². The van der Waals surface area contributed by atoms with Crippen molar-refractivity contribution in [2.24, 2.45) is 5.92 Å². The van der Waals surface area contributed by atoms with Crippen LogP contribution in [-0.2, 0) is 14.3 Å². The molecule has 1 saturated carbocycles. The average molecular weight is 270 g/mol.